The Morgan fingerprint density at radius 3 is 2.84 bits per heavy atom. The fraction of sp³-hybridized carbons (Fsp3) is 0.529. The van der Waals surface area contributed by atoms with Crippen molar-refractivity contribution in [1.29, 1.82) is 0 Å². The predicted molar refractivity (Wildman–Crippen MR) is 81.5 cm³/mol. The molecule has 2 N–H and O–H groups in total. The fourth-order valence-corrected chi connectivity index (χ4v) is 3.41. The van der Waals surface area contributed by atoms with E-state index in [1.807, 2.05) is 0 Å². The van der Waals surface area contributed by atoms with Crippen molar-refractivity contribution >= 4 is 10.9 Å². The summed E-state index contributed by atoms with van der Waals surface area (Å²) in [6.45, 7) is 3.22. The van der Waals surface area contributed by atoms with Crippen molar-refractivity contribution in [2.24, 2.45) is 5.73 Å². The van der Waals surface area contributed by atoms with E-state index in [4.69, 9.17) is 5.73 Å². The third kappa shape index (κ3) is 2.42. The highest BCUT2D eigenvalue weighted by molar-refractivity contribution is 5.85. The van der Waals surface area contributed by atoms with Crippen LogP contribution >= 0.6 is 0 Å². The summed E-state index contributed by atoms with van der Waals surface area (Å²) < 4.78 is 2.56. The highest BCUT2D eigenvalue weighted by Crippen LogP contribution is 2.32. The van der Waals surface area contributed by atoms with Gasteiger partial charge < -0.3 is 10.3 Å². The molecule has 1 aliphatic rings. The van der Waals surface area contributed by atoms with Gasteiger partial charge in [-0.3, -0.25) is 0 Å². The number of aryl methyl sites for hydroxylation is 2. The summed E-state index contributed by atoms with van der Waals surface area (Å²) >= 11 is 0. The third-order valence-corrected chi connectivity index (χ3v) is 4.33. The summed E-state index contributed by atoms with van der Waals surface area (Å²) in [6, 6.07) is 9.22. The van der Waals surface area contributed by atoms with Gasteiger partial charge in [-0.15, -0.1) is 0 Å². The molecule has 0 fully saturated rings. The topological polar surface area (TPSA) is 30.9 Å². The molecule has 0 aliphatic heterocycles. The number of hydrogen-bond acceptors (Lipinski definition) is 1. The van der Waals surface area contributed by atoms with Gasteiger partial charge in [-0.25, -0.2) is 0 Å². The van der Waals surface area contributed by atoms with E-state index >= 15 is 0 Å². The van der Waals surface area contributed by atoms with E-state index in [0.717, 1.165) is 13.0 Å². The van der Waals surface area contributed by atoms with Gasteiger partial charge in [0.25, 0.3) is 0 Å². The Balaban J connectivity index is 1.97. The molecule has 0 saturated carbocycles. The van der Waals surface area contributed by atoms with Gasteiger partial charge in [0, 0.05) is 29.2 Å². The number of nitrogens with zero attached hydrogens (tertiary/aromatic N) is 1. The minimum Gasteiger partial charge on any atom is -0.344 e. The predicted octanol–water partition coefficient (Wildman–Crippen LogP) is 3.65. The molecule has 0 spiro atoms. The summed E-state index contributed by atoms with van der Waals surface area (Å²) in [5.41, 5.74) is 10.5. The first-order valence-corrected chi connectivity index (χ1v) is 7.62. The van der Waals surface area contributed by atoms with Gasteiger partial charge >= 0.3 is 0 Å². The van der Waals surface area contributed by atoms with Crippen LogP contribution in [-0.2, 0) is 19.4 Å². The molecule has 1 aromatic carbocycles. The van der Waals surface area contributed by atoms with E-state index in [0.29, 0.717) is 6.04 Å². The van der Waals surface area contributed by atoms with Crippen LogP contribution in [0.2, 0.25) is 0 Å². The van der Waals surface area contributed by atoms with Gasteiger partial charge in [0.15, 0.2) is 0 Å². The molecule has 19 heavy (non-hydrogen) atoms. The molecule has 0 bridgehead atoms. The second-order valence-corrected chi connectivity index (χ2v) is 5.92. The molecule has 1 heterocycles. The lowest BCUT2D eigenvalue weighted by atomic mass is 9.95. The molecule has 0 amide bonds. The Hall–Kier alpha value is -1.28. The lowest BCUT2D eigenvalue weighted by Crippen LogP contribution is -2.16. The van der Waals surface area contributed by atoms with Crippen molar-refractivity contribution in [2.75, 3.05) is 0 Å². The summed E-state index contributed by atoms with van der Waals surface area (Å²) in [6.07, 6.45) is 7.50. The average Bonchev–Trinajstić information content (AvgIpc) is 2.74. The first-order chi connectivity index (χ1) is 9.27. The van der Waals surface area contributed by atoms with Crippen LogP contribution in [0.25, 0.3) is 10.9 Å². The number of nitrogens with two attached hydrogens (primary N) is 1. The largest absolute Gasteiger partial charge is 0.344 e. The third-order valence-electron chi connectivity index (χ3n) is 4.33. The Labute approximate surface area is 115 Å². The maximum Gasteiger partial charge on any atom is 0.0485 e. The molecule has 1 aromatic heterocycles. The molecule has 3 rings (SSSR count). The van der Waals surface area contributed by atoms with E-state index in [9.17, 15) is 0 Å². The molecule has 0 radical (unpaired) electrons. The summed E-state index contributed by atoms with van der Waals surface area (Å²) in [5, 5.41) is 1.48. The minimum absolute atomic E-state index is 0.317. The van der Waals surface area contributed by atoms with E-state index in [-0.39, 0.29) is 0 Å². The molecule has 2 aromatic rings. The zero-order chi connectivity index (χ0) is 13.2. The van der Waals surface area contributed by atoms with Crippen molar-refractivity contribution in [3.8, 4) is 0 Å². The molecular weight excluding hydrogens is 232 g/mol. The summed E-state index contributed by atoms with van der Waals surface area (Å²) in [7, 11) is 0. The summed E-state index contributed by atoms with van der Waals surface area (Å²) in [4.78, 5) is 0. The van der Waals surface area contributed by atoms with Gasteiger partial charge in [-0.05, 0) is 57.1 Å². The van der Waals surface area contributed by atoms with Crippen LogP contribution in [0.1, 0.15) is 43.9 Å². The molecule has 0 saturated heterocycles. The minimum atomic E-state index is 0.317. The van der Waals surface area contributed by atoms with E-state index in [2.05, 4.69) is 35.8 Å². The number of para-hydroxylation sites is 1. The quantitative estimate of drug-likeness (QED) is 0.889. The Morgan fingerprint density at radius 2 is 2.00 bits per heavy atom. The van der Waals surface area contributed by atoms with Crippen molar-refractivity contribution in [2.45, 2.75) is 58.0 Å². The van der Waals surface area contributed by atoms with Crippen LogP contribution in [0.4, 0.5) is 0 Å². The van der Waals surface area contributed by atoms with Gasteiger partial charge in [0.1, 0.15) is 0 Å². The van der Waals surface area contributed by atoms with Crippen LogP contribution in [-0.4, -0.2) is 10.6 Å². The Kier molecular flexibility index (Phi) is 3.61. The van der Waals surface area contributed by atoms with Crippen LogP contribution < -0.4 is 5.73 Å². The first kappa shape index (κ1) is 12.7. The number of hydrogen-bond donors (Lipinski definition) is 1. The van der Waals surface area contributed by atoms with Gasteiger partial charge in [-0.2, -0.15) is 0 Å². The van der Waals surface area contributed by atoms with E-state index in [1.165, 1.54) is 43.0 Å². The Morgan fingerprint density at radius 1 is 1.21 bits per heavy atom. The number of benzene rings is 1. The molecular formula is C17H24N2. The number of fused-ring (bicyclic) bond motifs is 3. The smallest absolute Gasteiger partial charge is 0.0485 e. The SMILES string of the molecule is CC(N)CCCn1c2c(c3ccccc31)CCCC2. The van der Waals surface area contributed by atoms with E-state index in [1.54, 1.807) is 11.3 Å². The monoisotopic (exact) mass is 256 g/mol. The van der Waals surface area contributed by atoms with Crippen molar-refractivity contribution in [3.63, 3.8) is 0 Å². The van der Waals surface area contributed by atoms with Crippen LogP contribution in [0.15, 0.2) is 24.3 Å². The van der Waals surface area contributed by atoms with E-state index < -0.39 is 0 Å². The maximum atomic E-state index is 5.87. The van der Waals surface area contributed by atoms with Crippen LogP contribution in [0.5, 0.6) is 0 Å². The Bertz CT molecular complexity index is 566. The van der Waals surface area contributed by atoms with Gasteiger partial charge in [-0.1, -0.05) is 18.2 Å². The number of rotatable bonds is 4. The van der Waals surface area contributed by atoms with Crippen LogP contribution in [0.3, 0.4) is 0 Å². The van der Waals surface area contributed by atoms with Crippen molar-refractivity contribution in [1.82, 2.24) is 4.57 Å². The van der Waals surface area contributed by atoms with Crippen molar-refractivity contribution < 1.29 is 0 Å². The second-order valence-electron chi connectivity index (χ2n) is 5.92. The van der Waals surface area contributed by atoms with Crippen molar-refractivity contribution in [3.05, 3.63) is 35.5 Å². The zero-order valence-electron chi connectivity index (χ0n) is 11.9. The molecule has 1 unspecified atom stereocenters. The van der Waals surface area contributed by atoms with Gasteiger partial charge in [0.2, 0.25) is 0 Å². The highest BCUT2D eigenvalue weighted by atomic mass is 15.0. The van der Waals surface area contributed by atoms with Crippen LogP contribution in [0, 0.1) is 0 Å². The second kappa shape index (κ2) is 5.38. The molecule has 1 aliphatic carbocycles. The average molecular weight is 256 g/mol. The normalized spacial score (nSPS) is 16.5. The summed E-state index contributed by atoms with van der Waals surface area (Å²) in [5.74, 6) is 0. The molecule has 1 atom stereocenters. The lowest BCUT2D eigenvalue weighted by molar-refractivity contribution is 0.543. The fourth-order valence-electron chi connectivity index (χ4n) is 3.41. The standard InChI is InChI=1S/C17H24N2/c1-13(18)7-6-12-19-16-10-4-2-8-14(16)15-9-3-5-11-17(15)19/h2,4,8,10,13H,3,5-7,9,11-12,18H2,1H3. The molecule has 2 heteroatoms. The number of aromatic nitrogens is 1. The highest BCUT2D eigenvalue weighted by Gasteiger charge is 2.19. The maximum absolute atomic E-state index is 5.87. The molecule has 102 valence electrons. The lowest BCUT2D eigenvalue weighted by Gasteiger charge is -2.16. The molecule has 2 nitrogen and oxygen atoms in total. The zero-order valence-corrected chi connectivity index (χ0v) is 11.9. The first-order valence-electron chi connectivity index (χ1n) is 7.62. The van der Waals surface area contributed by atoms with Gasteiger partial charge in [0.05, 0.1) is 0 Å².